The predicted octanol–water partition coefficient (Wildman–Crippen LogP) is 2.09. The van der Waals surface area contributed by atoms with Gasteiger partial charge in [-0.1, -0.05) is 38.2 Å². The first-order valence-electron chi connectivity index (χ1n) is 12.9. The van der Waals surface area contributed by atoms with Crippen LogP contribution in [0.25, 0.3) is 0 Å². The number of methoxy groups -OCH3 is 1. The van der Waals surface area contributed by atoms with Crippen molar-refractivity contribution < 1.29 is 33.7 Å². The summed E-state index contributed by atoms with van der Waals surface area (Å²) in [4.78, 5) is 44.9. The number of nitrogens with zero attached hydrogens (tertiary/aromatic N) is 2. The Kier molecular flexibility index (Phi) is 6.85. The largest absolute Gasteiger partial charge is 0.497 e. The number of hydrogen-bond donors (Lipinski definition) is 1. The van der Waals surface area contributed by atoms with Crippen LogP contribution in [0.2, 0.25) is 0 Å². The molecule has 37 heavy (non-hydrogen) atoms. The first-order valence-corrected chi connectivity index (χ1v) is 12.9. The highest BCUT2D eigenvalue weighted by Gasteiger charge is 2.72. The third-order valence-corrected chi connectivity index (χ3v) is 7.99. The number of ether oxygens (including phenoxy) is 3. The van der Waals surface area contributed by atoms with Gasteiger partial charge in [-0.3, -0.25) is 14.4 Å². The van der Waals surface area contributed by atoms with Crippen molar-refractivity contribution in [2.45, 2.75) is 50.5 Å². The van der Waals surface area contributed by atoms with Gasteiger partial charge in [0.05, 0.1) is 38.4 Å². The molecule has 1 aromatic rings. The molecule has 1 spiro atoms. The maximum atomic E-state index is 14.4. The molecule has 9 heteroatoms. The maximum Gasteiger partial charge on any atom is 0.312 e. The molecule has 1 N–H and O–H groups in total. The van der Waals surface area contributed by atoms with Crippen LogP contribution in [0.3, 0.4) is 0 Å². The molecular weight excluding hydrogens is 476 g/mol. The van der Waals surface area contributed by atoms with Crippen molar-refractivity contribution in [1.29, 1.82) is 0 Å². The smallest absolute Gasteiger partial charge is 0.312 e. The fourth-order valence-corrected chi connectivity index (χ4v) is 6.16. The summed E-state index contributed by atoms with van der Waals surface area (Å²) in [6.07, 6.45) is 8.11. The van der Waals surface area contributed by atoms with Gasteiger partial charge < -0.3 is 29.1 Å². The summed E-state index contributed by atoms with van der Waals surface area (Å²) in [5, 5.41) is 10.3. The summed E-state index contributed by atoms with van der Waals surface area (Å²) >= 11 is 0. The lowest BCUT2D eigenvalue weighted by molar-refractivity contribution is -0.155. The zero-order chi connectivity index (χ0) is 26.3. The van der Waals surface area contributed by atoms with Crippen LogP contribution in [-0.2, 0) is 23.9 Å². The molecule has 6 atom stereocenters. The zero-order valence-corrected chi connectivity index (χ0v) is 21.4. The highest BCUT2D eigenvalue weighted by Crippen LogP contribution is 2.54. The third kappa shape index (κ3) is 4.05. The Hall–Kier alpha value is -3.17. The number of aliphatic hydroxyl groups is 1. The number of allylic oxidation sites excluding steroid dienone is 1. The molecule has 1 unspecified atom stereocenters. The van der Waals surface area contributed by atoms with Gasteiger partial charge in [0.15, 0.2) is 0 Å². The van der Waals surface area contributed by atoms with E-state index in [1.807, 2.05) is 32.1 Å². The Morgan fingerprint density at radius 2 is 1.89 bits per heavy atom. The first-order chi connectivity index (χ1) is 17.8. The van der Waals surface area contributed by atoms with Crippen molar-refractivity contribution in [3.63, 3.8) is 0 Å². The molecule has 2 fully saturated rings. The summed E-state index contributed by atoms with van der Waals surface area (Å²) in [5.41, 5.74) is -0.719. The minimum absolute atomic E-state index is 0.137. The Bertz CT molecular complexity index is 1110. The Labute approximate surface area is 216 Å². The highest BCUT2D eigenvalue weighted by atomic mass is 16.6. The Morgan fingerprint density at radius 3 is 2.57 bits per heavy atom. The zero-order valence-electron chi connectivity index (χ0n) is 21.4. The second-order valence-corrected chi connectivity index (χ2v) is 10.4. The summed E-state index contributed by atoms with van der Waals surface area (Å²) in [7, 11) is 1.57. The van der Waals surface area contributed by atoms with Crippen LogP contribution in [0.15, 0.2) is 48.6 Å². The minimum atomic E-state index is -1.37. The van der Waals surface area contributed by atoms with E-state index in [2.05, 4.69) is 0 Å². The standard InChI is InChI=1S/C28H34N2O7/c1-17(2)20(16-31)30-24-26(33)29(18-9-11-19(35-3)12-10-18)14-7-13-28(24)23(25(30)32)22-21(37-28)8-5-4-6-15-36-27(22)34/h5,7-13,17,20-24,31H,4,6,14-16H2,1-3H3/b8-5-/t20-,21+,22-,23-,24?,28-/m0/s1. The number of carbonyl (C=O) groups excluding carboxylic acids is 3. The normalized spacial score (nSPS) is 33.1. The molecule has 5 rings (SSSR count). The van der Waals surface area contributed by atoms with Crippen LogP contribution < -0.4 is 9.64 Å². The van der Waals surface area contributed by atoms with E-state index in [9.17, 15) is 19.5 Å². The summed E-state index contributed by atoms with van der Waals surface area (Å²) in [6.45, 7) is 4.00. The fourth-order valence-electron chi connectivity index (χ4n) is 6.16. The van der Waals surface area contributed by atoms with Gasteiger partial charge in [-0.2, -0.15) is 0 Å². The summed E-state index contributed by atoms with van der Waals surface area (Å²) in [6, 6.07) is 5.45. The average molecular weight is 511 g/mol. The van der Waals surface area contributed by atoms with E-state index in [1.165, 1.54) is 4.90 Å². The van der Waals surface area contributed by atoms with Crippen molar-refractivity contribution >= 4 is 23.5 Å². The highest BCUT2D eigenvalue weighted by molar-refractivity contribution is 6.05. The number of esters is 1. The molecule has 9 nitrogen and oxygen atoms in total. The number of amides is 2. The van der Waals surface area contributed by atoms with E-state index in [-0.39, 0.29) is 37.5 Å². The number of aliphatic hydroxyl groups excluding tert-OH is 1. The van der Waals surface area contributed by atoms with Crippen molar-refractivity contribution in [2.24, 2.45) is 17.8 Å². The van der Waals surface area contributed by atoms with Crippen molar-refractivity contribution in [3.8, 4) is 5.75 Å². The number of carbonyl (C=O) groups is 3. The van der Waals surface area contributed by atoms with Crippen molar-refractivity contribution in [1.82, 2.24) is 4.90 Å². The van der Waals surface area contributed by atoms with E-state index >= 15 is 0 Å². The second kappa shape index (κ2) is 9.95. The molecule has 198 valence electrons. The quantitative estimate of drug-likeness (QED) is 0.478. The predicted molar refractivity (Wildman–Crippen MR) is 135 cm³/mol. The first kappa shape index (κ1) is 25.5. The van der Waals surface area contributed by atoms with E-state index in [0.29, 0.717) is 17.9 Å². The average Bonchev–Trinajstić information content (AvgIpc) is 3.29. The number of benzene rings is 1. The molecule has 2 saturated heterocycles. The van der Waals surface area contributed by atoms with Crippen LogP contribution in [0.5, 0.6) is 5.75 Å². The van der Waals surface area contributed by atoms with Crippen LogP contribution in [0.1, 0.15) is 26.7 Å². The van der Waals surface area contributed by atoms with Gasteiger partial charge in [0.1, 0.15) is 23.3 Å². The summed E-state index contributed by atoms with van der Waals surface area (Å²) < 4.78 is 17.4. The van der Waals surface area contributed by atoms with Crippen LogP contribution >= 0.6 is 0 Å². The molecule has 4 aliphatic heterocycles. The molecule has 0 aliphatic carbocycles. The monoisotopic (exact) mass is 510 g/mol. The Morgan fingerprint density at radius 1 is 1.14 bits per heavy atom. The van der Waals surface area contributed by atoms with E-state index in [4.69, 9.17) is 14.2 Å². The number of hydrogen-bond acceptors (Lipinski definition) is 7. The van der Waals surface area contributed by atoms with Crippen LogP contribution in [-0.4, -0.2) is 78.4 Å². The number of likely N-dealkylation sites (tertiary alicyclic amines) is 1. The molecule has 0 bridgehead atoms. The lowest BCUT2D eigenvalue weighted by atomic mass is 9.78. The SMILES string of the molecule is COc1ccc(N2CC=C[C@]34O[C@@H]5/C=C\CCCOC(=O)[C@@H]5[C@H]3C(=O)N([C@@H](CO)C(C)C)C4C2=O)cc1. The lowest BCUT2D eigenvalue weighted by Gasteiger charge is -2.39. The number of fused-ring (bicyclic) bond motifs is 2. The van der Waals surface area contributed by atoms with E-state index < -0.39 is 41.6 Å². The van der Waals surface area contributed by atoms with Gasteiger partial charge in [-0.25, -0.2) is 0 Å². The van der Waals surface area contributed by atoms with Gasteiger partial charge >= 0.3 is 5.97 Å². The molecular formula is C28H34N2O7. The topological polar surface area (TPSA) is 106 Å². The molecule has 2 amide bonds. The van der Waals surface area contributed by atoms with Crippen LogP contribution in [0.4, 0.5) is 5.69 Å². The van der Waals surface area contributed by atoms with E-state index in [0.717, 1.165) is 6.42 Å². The molecule has 4 heterocycles. The lowest BCUT2D eigenvalue weighted by Crippen LogP contribution is -2.59. The maximum absolute atomic E-state index is 14.4. The van der Waals surface area contributed by atoms with Gasteiger partial charge in [0, 0.05) is 12.2 Å². The Balaban J connectivity index is 1.64. The fraction of sp³-hybridized carbons (Fsp3) is 0.536. The van der Waals surface area contributed by atoms with Crippen LogP contribution in [0, 0.1) is 17.8 Å². The van der Waals surface area contributed by atoms with Crippen molar-refractivity contribution in [3.05, 3.63) is 48.6 Å². The van der Waals surface area contributed by atoms with Gasteiger partial charge in [0.25, 0.3) is 5.91 Å². The number of anilines is 1. The molecule has 1 aromatic carbocycles. The van der Waals surface area contributed by atoms with Gasteiger partial charge in [-0.05, 0) is 43.0 Å². The van der Waals surface area contributed by atoms with Gasteiger partial charge in [0.2, 0.25) is 5.91 Å². The van der Waals surface area contributed by atoms with Crippen molar-refractivity contribution in [2.75, 3.05) is 31.8 Å². The summed E-state index contributed by atoms with van der Waals surface area (Å²) in [5.74, 6) is -2.49. The molecule has 0 saturated carbocycles. The minimum Gasteiger partial charge on any atom is -0.497 e. The second-order valence-electron chi connectivity index (χ2n) is 10.4. The molecule has 0 aromatic heterocycles. The third-order valence-electron chi connectivity index (χ3n) is 7.99. The number of rotatable bonds is 5. The number of cyclic esters (lactones) is 1. The molecule has 4 aliphatic rings. The molecule has 0 radical (unpaired) electrons. The van der Waals surface area contributed by atoms with Gasteiger partial charge in [-0.15, -0.1) is 0 Å². The van der Waals surface area contributed by atoms with E-state index in [1.54, 1.807) is 42.4 Å².